The molecule has 0 saturated carbocycles. The van der Waals surface area contributed by atoms with Gasteiger partial charge in [0.2, 0.25) is 0 Å². The van der Waals surface area contributed by atoms with E-state index >= 15 is 0 Å². The summed E-state index contributed by atoms with van der Waals surface area (Å²) in [5.74, 6) is -4.67. The average molecular weight is 417 g/mol. The van der Waals surface area contributed by atoms with Gasteiger partial charge in [0.25, 0.3) is 5.97 Å². The van der Waals surface area contributed by atoms with Crippen molar-refractivity contribution in [2.24, 2.45) is 0 Å². The van der Waals surface area contributed by atoms with Gasteiger partial charge in [-0.2, -0.15) is 0 Å². The van der Waals surface area contributed by atoms with Gasteiger partial charge in [-0.15, -0.1) is 0 Å². The summed E-state index contributed by atoms with van der Waals surface area (Å²) in [6.45, 7) is 3.27. The molecule has 4 N–H and O–H groups in total. The number of ether oxygens (including phenoxy) is 2. The van der Waals surface area contributed by atoms with Crippen molar-refractivity contribution in [3.05, 3.63) is 30.0 Å². The van der Waals surface area contributed by atoms with Crippen LogP contribution in [0.15, 0.2) is 24.3 Å². The number of carbonyl (C=O) groups is 5. The van der Waals surface area contributed by atoms with Gasteiger partial charge in [-0.25, -0.2) is 19.2 Å². The molecule has 0 atom stereocenters. The van der Waals surface area contributed by atoms with Crippen LogP contribution < -0.4 is 0 Å². The van der Waals surface area contributed by atoms with Gasteiger partial charge in [0.1, 0.15) is 0 Å². The van der Waals surface area contributed by atoms with E-state index in [1.807, 2.05) is 0 Å². The van der Waals surface area contributed by atoms with Gasteiger partial charge in [-0.05, 0) is 13.8 Å². The Morgan fingerprint density at radius 3 is 1.19 bits per heavy atom. The van der Waals surface area contributed by atoms with Crippen LogP contribution in [0.2, 0.25) is 0 Å². The molecule has 0 aromatic rings. The normalized spacial score (nSPS) is 8.88. The number of carboxylic acids is 3. The Hall–Kier alpha value is -2.69. The monoisotopic (exact) mass is 417 g/mol. The molecule has 0 aromatic carbocycles. The Morgan fingerprint density at radius 1 is 0.769 bits per heavy atom. The second-order valence-electron chi connectivity index (χ2n) is 3.42. The summed E-state index contributed by atoms with van der Waals surface area (Å²) in [6.07, 6.45) is 3.20. The molecule has 26 heavy (non-hydrogen) atoms. The second-order valence-corrected chi connectivity index (χ2v) is 3.42. The van der Waals surface area contributed by atoms with Gasteiger partial charge >= 0.3 is 23.9 Å². The van der Waals surface area contributed by atoms with Gasteiger partial charge in [0.05, 0.1) is 13.2 Å². The second kappa shape index (κ2) is 22.3. The van der Waals surface area contributed by atoms with Crippen LogP contribution in [0.3, 0.4) is 0 Å². The minimum absolute atomic E-state index is 0. The quantitative estimate of drug-likeness (QED) is 0.299. The van der Waals surface area contributed by atoms with Crippen molar-refractivity contribution in [1.82, 2.24) is 0 Å². The van der Waals surface area contributed by atoms with Crippen LogP contribution >= 0.6 is 0 Å². The molecule has 0 aliphatic heterocycles. The van der Waals surface area contributed by atoms with E-state index in [-0.39, 0.29) is 30.3 Å². The maximum absolute atomic E-state index is 10.4. The van der Waals surface area contributed by atoms with Crippen molar-refractivity contribution in [2.45, 2.75) is 13.8 Å². The minimum Gasteiger partial charge on any atom is -0.668 e. The number of aliphatic carboxylic acids is 3. The van der Waals surface area contributed by atoms with Crippen molar-refractivity contribution < 1.29 is 65.8 Å². The zero-order valence-corrected chi connectivity index (χ0v) is 15.2. The van der Waals surface area contributed by atoms with E-state index in [0.29, 0.717) is 0 Å². The SMILES string of the molecule is CCOC(=O)/C=C/C(=O)O.CCOC(=O)/C=C/C(=O)O.[Mn].[NH-]CC(=O)O. The third-order valence-electron chi connectivity index (χ3n) is 1.45. The topological polar surface area (TPSA) is 188 Å². The molecule has 0 saturated heterocycles. The predicted molar refractivity (Wildman–Crippen MR) is 83.6 cm³/mol. The van der Waals surface area contributed by atoms with E-state index < -0.39 is 36.4 Å². The van der Waals surface area contributed by atoms with Crippen LogP contribution in [0.1, 0.15) is 13.8 Å². The third kappa shape index (κ3) is 37.5. The number of carbonyl (C=O) groups excluding carboxylic acids is 2. The summed E-state index contributed by atoms with van der Waals surface area (Å²) >= 11 is 0. The molecule has 0 aromatic heterocycles. The number of carboxylic acid groups (broad SMARTS) is 3. The first-order chi connectivity index (χ1) is 11.6. The van der Waals surface area contributed by atoms with Crippen LogP contribution in [0.5, 0.6) is 0 Å². The van der Waals surface area contributed by atoms with Gasteiger partial charge in [0.15, 0.2) is 0 Å². The Labute approximate surface area is 159 Å². The molecule has 0 amide bonds. The molecule has 149 valence electrons. The first-order valence-electron chi connectivity index (χ1n) is 6.62. The number of esters is 2. The molecule has 0 bridgehead atoms. The molecule has 11 nitrogen and oxygen atoms in total. The summed E-state index contributed by atoms with van der Waals surface area (Å²) in [4.78, 5) is 49.6. The fourth-order valence-electron chi connectivity index (χ4n) is 0.659. The first kappa shape index (κ1) is 31.1. The van der Waals surface area contributed by atoms with Crippen molar-refractivity contribution in [2.75, 3.05) is 19.8 Å². The van der Waals surface area contributed by atoms with Crippen LogP contribution in [0, 0.1) is 0 Å². The number of hydrogen-bond donors (Lipinski definition) is 3. The van der Waals surface area contributed by atoms with Gasteiger partial charge in [-0.1, -0.05) is 6.54 Å². The van der Waals surface area contributed by atoms with E-state index in [2.05, 4.69) is 9.47 Å². The summed E-state index contributed by atoms with van der Waals surface area (Å²) in [7, 11) is 0. The number of hydrogen-bond acceptors (Lipinski definition) is 7. The zero-order valence-electron chi connectivity index (χ0n) is 14.0. The van der Waals surface area contributed by atoms with Gasteiger partial charge < -0.3 is 30.5 Å². The zero-order chi connectivity index (χ0) is 20.3. The molecular formula is C14H20MnNO10-. The van der Waals surface area contributed by atoms with Crippen molar-refractivity contribution in [3.63, 3.8) is 0 Å². The van der Waals surface area contributed by atoms with Crippen molar-refractivity contribution in [3.8, 4) is 0 Å². The molecule has 0 aliphatic rings. The van der Waals surface area contributed by atoms with Crippen LogP contribution in [-0.2, 0) is 50.5 Å². The van der Waals surface area contributed by atoms with E-state index in [9.17, 15) is 24.0 Å². The molecule has 1 radical (unpaired) electrons. The predicted octanol–water partition coefficient (Wildman–Crippen LogP) is 0.501. The Bertz CT molecular complexity index is 464. The van der Waals surface area contributed by atoms with Crippen LogP contribution in [0.4, 0.5) is 0 Å². The first-order valence-corrected chi connectivity index (χ1v) is 6.62. The number of nitrogens with one attached hydrogen (secondary N) is 1. The number of rotatable bonds is 7. The maximum atomic E-state index is 10.4. The van der Waals surface area contributed by atoms with Gasteiger partial charge in [-0.3, -0.25) is 4.79 Å². The van der Waals surface area contributed by atoms with Crippen molar-refractivity contribution in [1.29, 1.82) is 0 Å². The summed E-state index contributed by atoms with van der Waals surface area (Å²) in [5, 5.41) is 23.6. The smallest absolute Gasteiger partial charge is 0.330 e. The fraction of sp³-hybridized carbons (Fsp3) is 0.357. The maximum Gasteiger partial charge on any atom is 0.330 e. The third-order valence-corrected chi connectivity index (χ3v) is 1.45. The summed E-state index contributed by atoms with van der Waals surface area (Å²) in [6, 6.07) is 0. The molecule has 0 fully saturated rings. The van der Waals surface area contributed by atoms with Crippen LogP contribution in [-0.4, -0.2) is 64.9 Å². The Balaban J connectivity index is -0.000000145. The fourth-order valence-corrected chi connectivity index (χ4v) is 0.659. The van der Waals surface area contributed by atoms with E-state index in [1.165, 1.54) is 0 Å². The van der Waals surface area contributed by atoms with Crippen LogP contribution in [0.25, 0.3) is 5.73 Å². The largest absolute Gasteiger partial charge is 0.668 e. The molecule has 0 heterocycles. The van der Waals surface area contributed by atoms with Gasteiger partial charge in [0, 0.05) is 41.4 Å². The average Bonchev–Trinajstić information content (AvgIpc) is 2.52. The molecule has 0 unspecified atom stereocenters. The van der Waals surface area contributed by atoms with Crippen molar-refractivity contribution >= 4 is 29.8 Å². The Kier molecular flexibility index (Phi) is 26.7. The summed E-state index contributed by atoms with van der Waals surface area (Å²) in [5.41, 5.74) is 6.06. The Morgan fingerprint density at radius 2 is 1.04 bits per heavy atom. The minimum atomic E-state index is -1.16. The summed E-state index contributed by atoms with van der Waals surface area (Å²) < 4.78 is 8.81. The molecule has 0 aliphatic carbocycles. The van der Waals surface area contributed by atoms with E-state index in [4.69, 9.17) is 21.1 Å². The molecule has 12 heteroatoms. The molecular weight excluding hydrogens is 397 g/mol. The molecule has 0 rings (SSSR count). The van der Waals surface area contributed by atoms with E-state index in [1.54, 1.807) is 13.8 Å². The molecule has 0 spiro atoms. The standard InChI is InChI=1S/2C6H8O4.C2H4NO2.Mn/c2*1-2-10-6(9)4-3-5(7)8;3-1-2(4)5;/h2*3-4H,2H2,1H3,(H,7,8);3H,1H2,(H,4,5);/q;;-1;/b2*4-3+;;. The van der Waals surface area contributed by atoms with E-state index in [0.717, 1.165) is 24.3 Å².